The number of carboxylic acid groups (broad SMARTS) is 1. The number of aliphatic carboxylic acids is 1. The Kier molecular flexibility index (Phi) is 4.36. The SMILES string of the molecule is C#CCN(CC(=O)O)C(=O)Nc1cccc2cccnc12. The van der Waals surface area contributed by atoms with Gasteiger partial charge in [-0.25, -0.2) is 4.79 Å². The summed E-state index contributed by atoms with van der Waals surface area (Å²) in [6.45, 7) is -0.551. The number of hydrogen-bond acceptors (Lipinski definition) is 3. The van der Waals surface area contributed by atoms with Gasteiger partial charge in [-0.15, -0.1) is 6.42 Å². The zero-order valence-electron chi connectivity index (χ0n) is 11.1. The third kappa shape index (κ3) is 3.48. The molecule has 2 rings (SSSR count). The van der Waals surface area contributed by atoms with E-state index < -0.39 is 18.5 Å². The van der Waals surface area contributed by atoms with Crippen LogP contribution in [0, 0.1) is 12.3 Å². The first-order valence-corrected chi connectivity index (χ1v) is 6.16. The Morgan fingerprint density at radius 3 is 2.81 bits per heavy atom. The Labute approximate surface area is 121 Å². The zero-order valence-corrected chi connectivity index (χ0v) is 11.1. The molecule has 0 saturated heterocycles. The first-order valence-electron chi connectivity index (χ1n) is 6.16. The number of nitrogens with zero attached hydrogens (tertiary/aromatic N) is 2. The maximum Gasteiger partial charge on any atom is 0.323 e. The highest BCUT2D eigenvalue weighted by Gasteiger charge is 2.16. The van der Waals surface area contributed by atoms with Crippen molar-refractivity contribution in [3.63, 3.8) is 0 Å². The van der Waals surface area contributed by atoms with Crippen LogP contribution in [0.4, 0.5) is 10.5 Å². The number of aromatic nitrogens is 1. The Hall–Kier alpha value is -3.07. The Bertz CT molecular complexity index is 716. The van der Waals surface area contributed by atoms with Gasteiger partial charge in [0.2, 0.25) is 0 Å². The highest BCUT2D eigenvalue weighted by atomic mass is 16.4. The van der Waals surface area contributed by atoms with E-state index in [0.717, 1.165) is 10.3 Å². The topological polar surface area (TPSA) is 82.5 Å². The van der Waals surface area contributed by atoms with Crippen LogP contribution in [-0.4, -0.2) is 40.1 Å². The van der Waals surface area contributed by atoms with Crippen molar-refractivity contribution >= 4 is 28.6 Å². The number of benzene rings is 1. The van der Waals surface area contributed by atoms with E-state index in [1.54, 1.807) is 24.4 Å². The van der Waals surface area contributed by atoms with Crippen molar-refractivity contribution in [2.75, 3.05) is 18.4 Å². The number of carboxylic acids is 1. The van der Waals surface area contributed by atoms with Crippen LogP contribution in [-0.2, 0) is 4.79 Å². The van der Waals surface area contributed by atoms with Crippen molar-refractivity contribution in [3.8, 4) is 12.3 Å². The number of urea groups is 1. The van der Waals surface area contributed by atoms with E-state index in [2.05, 4.69) is 16.2 Å². The number of anilines is 1. The van der Waals surface area contributed by atoms with Gasteiger partial charge in [0.15, 0.2) is 0 Å². The van der Waals surface area contributed by atoms with Crippen LogP contribution in [0.1, 0.15) is 0 Å². The lowest BCUT2D eigenvalue weighted by Gasteiger charge is -2.19. The first kappa shape index (κ1) is 14.3. The average Bonchev–Trinajstić information content (AvgIpc) is 2.47. The molecule has 0 spiro atoms. The van der Waals surface area contributed by atoms with Crippen LogP contribution >= 0.6 is 0 Å². The van der Waals surface area contributed by atoms with Crippen molar-refractivity contribution in [2.45, 2.75) is 0 Å². The highest BCUT2D eigenvalue weighted by molar-refractivity contribution is 6.00. The quantitative estimate of drug-likeness (QED) is 0.838. The molecular weight excluding hydrogens is 270 g/mol. The number of carbonyl (C=O) groups is 2. The summed E-state index contributed by atoms with van der Waals surface area (Å²) in [6.07, 6.45) is 6.77. The molecule has 6 nitrogen and oxygen atoms in total. The Morgan fingerprint density at radius 1 is 1.33 bits per heavy atom. The number of terminal acetylenes is 1. The monoisotopic (exact) mass is 283 g/mol. The van der Waals surface area contributed by atoms with Crippen LogP contribution in [0.25, 0.3) is 10.9 Å². The van der Waals surface area contributed by atoms with Crippen molar-refractivity contribution in [1.82, 2.24) is 9.88 Å². The third-order valence-electron chi connectivity index (χ3n) is 2.77. The van der Waals surface area contributed by atoms with E-state index in [1.807, 2.05) is 12.1 Å². The van der Waals surface area contributed by atoms with Crippen molar-refractivity contribution in [2.24, 2.45) is 0 Å². The van der Waals surface area contributed by atoms with Gasteiger partial charge in [0.05, 0.1) is 17.7 Å². The third-order valence-corrected chi connectivity index (χ3v) is 2.77. The lowest BCUT2D eigenvalue weighted by molar-refractivity contribution is -0.137. The fraction of sp³-hybridized carbons (Fsp3) is 0.133. The molecule has 0 atom stereocenters. The van der Waals surface area contributed by atoms with Gasteiger partial charge >= 0.3 is 12.0 Å². The van der Waals surface area contributed by atoms with E-state index in [0.29, 0.717) is 11.2 Å². The van der Waals surface area contributed by atoms with Crippen molar-refractivity contribution in [3.05, 3.63) is 36.5 Å². The Balaban J connectivity index is 2.24. The van der Waals surface area contributed by atoms with E-state index in [4.69, 9.17) is 11.5 Å². The van der Waals surface area contributed by atoms with Gasteiger partial charge in [-0.05, 0) is 12.1 Å². The predicted octanol–water partition coefficient (Wildman–Crippen LogP) is 1.79. The summed E-state index contributed by atoms with van der Waals surface area (Å²) in [7, 11) is 0. The molecule has 1 aromatic carbocycles. The molecule has 0 bridgehead atoms. The smallest absolute Gasteiger partial charge is 0.323 e. The maximum absolute atomic E-state index is 12.1. The molecule has 2 N–H and O–H groups in total. The molecule has 2 aromatic rings. The summed E-state index contributed by atoms with van der Waals surface area (Å²) in [5, 5.41) is 12.3. The molecular formula is C15H13N3O3. The number of hydrogen-bond donors (Lipinski definition) is 2. The minimum absolute atomic E-state index is 0.0870. The molecule has 0 unspecified atom stereocenters. The average molecular weight is 283 g/mol. The summed E-state index contributed by atoms with van der Waals surface area (Å²) in [5.41, 5.74) is 1.13. The molecule has 106 valence electrons. The number of pyridine rings is 1. The summed E-state index contributed by atoms with van der Waals surface area (Å²) in [4.78, 5) is 28.1. The summed E-state index contributed by atoms with van der Waals surface area (Å²) in [6, 6.07) is 8.43. The van der Waals surface area contributed by atoms with Gasteiger partial charge in [0.1, 0.15) is 6.54 Å². The van der Waals surface area contributed by atoms with Gasteiger partial charge in [-0.3, -0.25) is 9.78 Å². The lowest BCUT2D eigenvalue weighted by Crippen LogP contribution is -2.39. The predicted molar refractivity (Wildman–Crippen MR) is 78.8 cm³/mol. The Morgan fingerprint density at radius 2 is 2.10 bits per heavy atom. The van der Waals surface area contributed by atoms with Gasteiger partial charge in [0.25, 0.3) is 0 Å². The molecule has 0 aliphatic rings. The number of para-hydroxylation sites is 1. The van der Waals surface area contributed by atoms with Gasteiger partial charge in [-0.1, -0.05) is 24.1 Å². The second-order valence-electron chi connectivity index (χ2n) is 4.26. The molecule has 0 fully saturated rings. The van der Waals surface area contributed by atoms with Gasteiger partial charge in [0, 0.05) is 11.6 Å². The lowest BCUT2D eigenvalue weighted by atomic mass is 10.2. The molecule has 1 aromatic heterocycles. The van der Waals surface area contributed by atoms with E-state index >= 15 is 0 Å². The van der Waals surface area contributed by atoms with Gasteiger partial charge < -0.3 is 15.3 Å². The van der Waals surface area contributed by atoms with Crippen LogP contribution in [0.5, 0.6) is 0 Å². The second kappa shape index (κ2) is 6.39. The number of rotatable bonds is 4. The number of amides is 2. The van der Waals surface area contributed by atoms with E-state index in [-0.39, 0.29) is 6.54 Å². The summed E-state index contributed by atoms with van der Waals surface area (Å²) < 4.78 is 0. The fourth-order valence-corrected chi connectivity index (χ4v) is 1.87. The molecule has 2 amide bonds. The van der Waals surface area contributed by atoms with Crippen LogP contribution in [0.15, 0.2) is 36.5 Å². The molecule has 0 saturated carbocycles. The summed E-state index contributed by atoms with van der Waals surface area (Å²) >= 11 is 0. The minimum Gasteiger partial charge on any atom is -0.480 e. The molecule has 0 aliphatic heterocycles. The fourth-order valence-electron chi connectivity index (χ4n) is 1.87. The zero-order chi connectivity index (χ0) is 15.2. The first-order chi connectivity index (χ1) is 10.1. The molecule has 1 heterocycles. The standard InChI is InChI=1S/C15H13N3O3/c1-2-9-18(10-13(19)20)15(21)17-12-7-3-5-11-6-4-8-16-14(11)12/h1,3-8H,9-10H2,(H,17,21)(H,19,20). The van der Waals surface area contributed by atoms with Crippen LogP contribution in [0.3, 0.4) is 0 Å². The number of fused-ring (bicyclic) bond motifs is 1. The number of nitrogens with one attached hydrogen (secondary N) is 1. The summed E-state index contributed by atoms with van der Waals surface area (Å²) in [5.74, 6) is 1.13. The van der Waals surface area contributed by atoms with E-state index in [1.165, 1.54) is 0 Å². The van der Waals surface area contributed by atoms with Crippen LogP contribution in [0.2, 0.25) is 0 Å². The van der Waals surface area contributed by atoms with E-state index in [9.17, 15) is 9.59 Å². The highest BCUT2D eigenvalue weighted by Crippen LogP contribution is 2.20. The number of carbonyl (C=O) groups excluding carboxylic acids is 1. The molecule has 0 aliphatic carbocycles. The van der Waals surface area contributed by atoms with Gasteiger partial charge in [-0.2, -0.15) is 0 Å². The minimum atomic E-state index is -1.13. The van der Waals surface area contributed by atoms with Crippen LogP contribution < -0.4 is 5.32 Å². The van der Waals surface area contributed by atoms with Crippen molar-refractivity contribution < 1.29 is 14.7 Å². The molecule has 6 heteroatoms. The van der Waals surface area contributed by atoms with Crippen molar-refractivity contribution in [1.29, 1.82) is 0 Å². The molecule has 21 heavy (non-hydrogen) atoms. The molecule has 0 radical (unpaired) electrons. The maximum atomic E-state index is 12.1. The normalized spacial score (nSPS) is 9.86. The second-order valence-corrected chi connectivity index (χ2v) is 4.26. The largest absolute Gasteiger partial charge is 0.480 e.